The van der Waals surface area contributed by atoms with Gasteiger partial charge in [-0.25, -0.2) is 0 Å². The zero-order valence-electron chi connectivity index (χ0n) is 32.8. The van der Waals surface area contributed by atoms with E-state index in [0.717, 1.165) is 70.6 Å². The van der Waals surface area contributed by atoms with E-state index in [1.54, 1.807) is 0 Å². The lowest BCUT2D eigenvalue weighted by Crippen LogP contribution is -2.28. The van der Waals surface area contributed by atoms with Crippen LogP contribution in [0.25, 0.3) is 0 Å². The molecule has 0 aliphatic heterocycles. The average Bonchev–Trinajstić information content (AvgIpc) is 3.13. The highest BCUT2D eigenvalue weighted by Gasteiger charge is 2.15. The van der Waals surface area contributed by atoms with Gasteiger partial charge in [0.25, 0.3) is 0 Å². The monoisotopic (exact) mass is 709 g/mol. The highest BCUT2D eigenvalue weighted by Crippen LogP contribution is 2.14. The van der Waals surface area contributed by atoms with E-state index < -0.39 is 6.10 Å². The molecule has 51 heavy (non-hydrogen) atoms. The molecule has 1 atom stereocenters. The van der Waals surface area contributed by atoms with Crippen molar-refractivity contribution in [3.63, 3.8) is 0 Å². The van der Waals surface area contributed by atoms with E-state index in [-0.39, 0.29) is 31.6 Å². The average molecular weight is 709 g/mol. The van der Waals surface area contributed by atoms with Gasteiger partial charge in [0.2, 0.25) is 0 Å². The Morgan fingerprint density at radius 3 is 1.25 bits per heavy atom. The van der Waals surface area contributed by atoms with E-state index in [9.17, 15) is 14.7 Å². The third-order valence-electron chi connectivity index (χ3n) is 8.45. The number of unbranched alkanes of at least 4 members (excludes halogenated alkanes) is 14. The number of aliphatic hydroxyl groups excluding tert-OH is 1. The van der Waals surface area contributed by atoms with Gasteiger partial charge in [0, 0.05) is 12.8 Å². The quantitative estimate of drug-likeness (QED) is 0.0398. The Hall–Kier alpha value is -2.92. The van der Waals surface area contributed by atoms with Gasteiger partial charge < -0.3 is 14.6 Å². The van der Waals surface area contributed by atoms with Gasteiger partial charge in [0.05, 0.1) is 6.61 Å². The third kappa shape index (κ3) is 39.7. The van der Waals surface area contributed by atoms with Crippen LogP contribution in [0.5, 0.6) is 0 Å². The minimum Gasteiger partial charge on any atom is -0.462 e. The molecule has 0 fully saturated rings. The van der Waals surface area contributed by atoms with Gasteiger partial charge in [-0.05, 0) is 64.2 Å². The molecular formula is C46H76O5. The van der Waals surface area contributed by atoms with Crippen LogP contribution in [-0.4, -0.2) is 36.4 Å². The number of allylic oxidation sites excluding steroid dienone is 14. The van der Waals surface area contributed by atoms with Gasteiger partial charge in [-0.15, -0.1) is 0 Å². The maximum absolute atomic E-state index is 12.2. The van der Waals surface area contributed by atoms with Crippen LogP contribution in [0.4, 0.5) is 0 Å². The van der Waals surface area contributed by atoms with E-state index in [1.807, 2.05) is 0 Å². The number of ether oxygens (including phenoxy) is 2. The van der Waals surface area contributed by atoms with Gasteiger partial charge in [-0.1, -0.05) is 182 Å². The molecule has 0 aromatic carbocycles. The lowest BCUT2D eigenvalue weighted by molar-refractivity contribution is -0.161. The van der Waals surface area contributed by atoms with Crippen molar-refractivity contribution in [2.45, 2.75) is 180 Å². The molecule has 0 aliphatic carbocycles. The fourth-order valence-electron chi connectivity index (χ4n) is 5.37. The predicted octanol–water partition coefficient (Wildman–Crippen LogP) is 13.1. The third-order valence-corrected chi connectivity index (χ3v) is 8.45. The van der Waals surface area contributed by atoms with Crippen molar-refractivity contribution in [2.75, 3.05) is 13.2 Å². The number of hydrogen-bond acceptors (Lipinski definition) is 5. The second-order valence-corrected chi connectivity index (χ2v) is 13.3. The molecule has 0 aromatic heterocycles. The first-order valence-corrected chi connectivity index (χ1v) is 20.6. The number of carbonyl (C=O) groups is 2. The minimum absolute atomic E-state index is 0.0917. The summed E-state index contributed by atoms with van der Waals surface area (Å²) < 4.78 is 10.6. The van der Waals surface area contributed by atoms with Crippen LogP contribution in [0, 0.1) is 0 Å². The molecule has 0 rings (SSSR count). The minimum atomic E-state index is -0.804. The maximum Gasteiger partial charge on any atom is 0.306 e. The lowest BCUT2D eigenvalue weighted by atomic mass is 10.0. The summed E-state index contributed by atoms with van der Waals surface area (Å²) in [5.41, 5.74) is 0. The molecule has 0 bridgehead atoms. The zero-order valence-corrected chi connectivity index (χ0v) is 32.8. The highest BCUT2D eigenvalue weighted by atomic mass is 16.6. The fraction of sp³-hybridized carbons (Fsp3) is 0.652. The first-order valence-electron chi connectivity index (χ1n) is 20.6. The fourth-order valence-corrected chi connectivity index (χ4v) is 5.37. The van der Waals surface area contributed by atoms with Crippen LogP contribution in [-0.2, 0) is 19.1 Å². The van der Waals surface area contributed by atoms with E-state index in [4.69, 9.17) is 9.47 Å². The number of carbonyl (C=O) groups excluding carboxylic acids is 2. The zero-order chi connectivity index (χ0) is 37.1. The molecule has 1 unspecified atom stereocenters. The summed E-state index contributed by atoms with van der Waals surface area (Å²) in [6.45, 7) is 3.97. The summed E-state index contributed by atoms with van der Waals surface area (Å²) in [7, 11) is 0. The van der Waals surface area contributed by atoms with E-state index in [0.29, 0.717) is 12.8 Å². The van der Waals surface area contributed by atoms with Crippen LogP contribution in [0.2, 0.25) is 0 Å². The van der Waals surface area contributed by atoms with Crippen LogP contribution in [0.3, 0.4) is 0 Å². The van der Waals surface area contributed by atoms with Crippen LogP contribution >= 0.6 is 0 Å². The molecule has 5 nitrogen and oxygen atoms in total. The first-order chi connectivity index (χ1) is 25.1. The van der Waals surface area contributed by atoms with Crippen LogP contribution in [0.15, 0.2) is 85.1 Å². The van der Waals surface area contributed by atoms with Crippen molar-refractivity contribution in [2.24, 2.45) is 0 Å². The van der Waals surface area contributed by atoms with Crippen molar-refractivity contribution in [3.05, 3.63) is 85.1 Å². The number of esters is 2. The van der Waals surface area contributed by atoms with Gasteiger partial charge >= 0.3 is 11.9 Å². The highest BCUT2D eigenvalue weighted by molar-refractivity contribution is 5.70. The number of rotatable bonds is 36. The van der Waals surface area contributed by atoms with Crippen molar-refractivity contribution in [3.8, 4) is 0 Å². The molecule has 0 heterocycles. The van der Waals surface area contributed by atoms with Gasteiger partial charge in [0.1, 0.15) is 6.61 Å². The van der Waals surface area contributed by atoms with Crippen molar-refractivity contribution in [1.29, 1.82) is 0 Å². The molecule has 5 heteroatoms. The van der Waals surface area contributed by atoms with E-state index in [1.165, 1.54) is 70.6 Å². The maximum atomic E-state index is 12.2. The van der Waals surface area contributed by atoms with Gasteiger partial charge in [-0.3, -0.25) is 9.59 Å². The summed E-state index contributed by atoms with van der Waals surface area (Å²) in [4.78, 5) is 24.3. The van der Waals surface area contributed by atoms with Crippen molar-refractivity contribution < 1.29 is 24.2 Å². The van der Waals surface area contributed by atoms with Gasteiger partial charge in [-0.2, -0.15) is 0 Å². The molecule has 0 aliphatic rings. The smallest absolute Gasteiger partial charge is 0.306 e. The summed E-state index contributed by atoms with van der Waals surface area (Å²) in [6.07, 6.45) is 56.5. The van der Waals surface area contributed by atoms with Crippen molar-refractivity contribution in [1.82, 2.24) is 0 Å². The Morgan fingerprint density at radius 1 is 0.471 bits per heavy atom. The summed E-state index contributed by atoms with van der Waals surface area (Å²) in [6, 6.07) is 0. The Bertz CT molecular complexity index is 984. The first kappa shape index (κ1) is 48.1. The largest absolute Gasteiger partial charge is 0.462 e. The predicted molar refractivity (Wildman–Crippen MR) is 219 cm³/mol. The van der Waals surface area contributed by atoms with Crippen LogP contribution < -0.4 is 0 Å². The van der Waals surface area contributed by atoms with E-state index >= 15 is 0 Å². The summed E-state index contributed by atoms with van der Waals surface area (Å²) in [5, 5.41) is 9.55. The van der Waals surface area contributed by atoms with Crippen molar-refractivity contribution >= 4 is 11.9 Å². The standard InChI is InChI=1S/C46H76O5/c1-3-5-7-9-11-13-15-17-19-20-21-22-23-24-25-26-27-29-31-33-35-37-39-41-46(49)51-44(42-47)43-50-45(48)40-38-36-34-32-30-28-18-16-14-12-10-8-6-4-2/h5,7,11,13,17,19,21-22,24-25,27,29,33,35,44,47H,3-4,6,8-10,12,14-16,18,20,23,26,28,30-32,34,36-43H2,1-2H3/b7-5-,13-11-,19-17-,22-21-,25-24-,29-27-,35-33-. The SMILES string of the molecule is CC/C=C\C/C=C\C/C=C\C/C=C\C/C=C\C/C=C\C/C=C\CCCC(=O)OC(CO)COC(=O)CCCCCCCCCCCCCCCC. The Balaban J connectivity index is 3.71. The number of hydrogen-bond donors (Lipinski definition) is 1. The molecule has 0 radical (unpaired) electrons. The Labute approximate surface area is 314 Å². The molecule has 0 aromatic rings. The lowest BCUT2D eigenvalue weighted by Gasteiger charge is -2.15. The van der Waals surface area contributed by atoms with E-state index in [2.05, 4.69) is 98.9 Å². The second-order valence-electron chi connectivity index (χ2n) is 13.3. The molecule has 0 spiro atoms. The van der Waals surface area contributed by atoms with Gasteiger partial charge in [0.15, 0.2) is 6.10 Å². The molecule has 0 saturated heterocycles. The summed E-state index contributed by atoms with van der Waals surface area (Å²) in [5.74, 6) is -0.664. The molecule has 0 saturated carbocycles. The van der Waals surface area contributed by atoms with Crippen LogP contribution in [0.1, 0.15) is 174 Å². The molecule has 290 valence electrons. The molecule has 0 amide bonds. The molecule has 1 N–H and O–H groups in total. The topological polar surface area (TPSA) is 72.8 Å². The molecular weight excluding hydrogens is 633 g/mol. The normalized spacial score (nSPS) is 13.1. The Kier molecular flexibility index (Phi) is 39.1. The number of aliphatic hydroxyl groups is 1. The Morgan fingerprint density at radius 2 is 0.843 bits per heavy atom. The summed E-state index contributed by atoms with van der Waals surface area (Å²) >= 11 is 0. The second kappa shape index (κ2) is 41.5.